The van der Waals surface area contributed by atoms with Crippen molar-refractivity contribution in [2.45, 2.75) is 6.92 Å². The molecule has 2 aromatic rings. The summed E-state index contributed by atoms with van der Waals surface area (Å²) < 4.78 is 13.1. The molecule has 1 heterocycles. The Balaban J connectivity index is 2.29. The zero-order valence-electron chi connectivity index (χ0n) is 11.4. The van der Waals surface area contributed by atoms with Gasteiger partial charge in [0.2, 0.25) is 0 Å². The number of nitrogens with zero attached hydrogens (tertiary/aromatic N) is 2. The second-order valence-corrected chi connectivity index (χ2v) is 4.21. The van der Waals surface area contributed by atoms with Crippen molar-refractivity contribution in [1.82, 2.24) is 4.98 Å². The minimum Gasteiger partial charge on any atom is -0.383 e. The van der Waals surface area contributed by atoms with E-state index >= 15 is 0 Å². The molecule has 0 spiro atoms. The molecule has 106 valence electrons. The van der Waals surface area contributed by atoms with Crippen LogP contribution in [0.1, 0.15) is 22.8 Å². The van der Waals surface area contributed by atoms with Crippen molar-refractivity contribution in [3.8, 4) is 6.07 Å². The van der Waals surface area contributed by atoms with Crippen molar-refractivity contribution >= 4 is 17.3 Å². The van der Waals surface area contributed by atoms with Crippen molar-refractivity contribution in [3.05, 3.63) is 53.6 Å². The first-order chi connectivity index (χ1) is 10.2. The predicted octanol–water partition coefficient (Wildman–Crippen LogP) is 2.78. The van der Waals surface area contributed by atoms with Gasteiger partial charge in [0.25, 0.3) is 5.91 Å². The Labute approximate surface area is 121 Å². The van der Waals surface area contributed by atoms with Crippen molar-refractivity contribution in [2.75, 3.05) is 17.2 Å². The van der Waals surface area contributed by atoms with Gasteiger partial charge in [-0.1, -0.05) is 0 Å². The normalized spacial score (nSPS) is 9.76. The smallest absolute Gasteiger partial charge is 0.257 e. The monoisotopic (exact) mass is 284 g/mol. The number of carbonyl (C=O) groups is 1. The summed E-state index contributed by atoms with van der Waals surface area (Å²) in [6.07, 6.45) is 3.06. The molecule has 0 fully saturated rings. The molecule has 2 N–H and O–H groups in total. The van der Waals surface area contributed by atoms with Crippen LogP contribution >= 0.6 is 0 Å². The zero-order valence-corrected chi connectivity index (χ0v) is 11.4. The number of hydrogen-bond acceptors (Lipinski definition) is 4. The van der Waals surface area contributed by atoms with E-state index in [4.69, 9.17) is 5.26 Å². The maximum absolute atomic E-state index is 13.1. The molecule has 0 saturated heterocycles. The summed E-state index contributed by atoms with van der Waals surface area (Å²) in [5.41, 5.74) is 1.34. The molecule has 0 bridgehead atoms. The molecule has 1 aromatic heterocycles. The topological polar surface area (TPSA) is 77.8 Å². The first-order valence-corrected chi connectivity index (χ1v) is 6.34. The molecular weight excluding hydrogens is 271 g/mol. The Morgan fingerprint density at radius 3 is 2.90 bits per heavy atom. The minimum absolute atomic E-state index is 0.0717. The Kier molecular flexibility index (Phi) is 4.46. The second-order valence-electron chi connectivity index (χ2n) is 4.21. The Morgan fingerprint density at radius 2 is 2.19 bits per heavy atom. The van der Waals surface area contributed by atoms with Gasteiger partial charge in [0, 0.05) is 12.7 Å². The number of benzene rings is 1. The van der Waals surface area contributed by atoms with Crippen molar-refractivity contribution in [3.63, 3.8) is 0 Å². The molecule has 2 rings (SSSR count). The number of nitrogens with one attached hydrogen (secondary N) is 2. The number of carbonyl (C=O) groups excluding carboxylic acids is 1. The van der Waals surface area contributed by atoms with E-state index in [9.17, 15) is 9.18 Å². The van der Waals surface area contributed by atoms with Gasteiger partial charge >= 0.3 is 0 Å². The quantitative estimate of drug-likeness (QED) is 0.905. The SMILES string of the molecule is CCNc1cnccc1C(=O)Nc1ccc(F)cc1C#N. The van der Waals surface area contributed by atoms with Gasteiger partial charge in [-0.2, -0.15) is 5.26 Å². The van der Waals surface area contributed by atoms with Gasteiger partial charge in [0.05, 0.1) is 28.7 Å². The average Bonchev–Trinajstić information content (AvgIpc) is 2.49. The van der Waals surface area contributed by atoms with E-state index < -0.39 is 11.7 Å². The number of anilines is 2. The fourth-order valence-electron chi connectivity index (χ4n) is 1.83. The van der Waals surface area contributed by atoms with E-state index in [1.54, 1.807) is 12.3 Å². The fourth-order valence-corrected chi connectivity index (χ4v) is 1.83. The number of nitriles is 1. The Hall–Kier alpha value is -2.94. The van der Waals surface area contributed by atoms with Crippen LogP contribution in [0, 0.1) is 17.1 Å². The molecule has 6 heteroatoms. The van der Waals surface area contributed by atoms with Crippen LogP contribution in [0.15, 0.2) is 36.7 Å². The average molecular weight is 284 g/mol. The molecule has 0 atom stereocenters. The van der Waals surface area contributed by atoms with E-state index in [0.717, 1.165) is 6.07 Å². The molecule has 0 radical (unpaired) electrons. The van der Waals surface area contributed by atoms with Crippen LogP contribution in [0.4, 0.5) is 15.8 Å². The van der Waals surface area contributed by atoms with Gasteiger partial charge in [0.1, 0.15) is 11.9 Å². The van der Waals surface area contributed by atoms with Gasteiger partial charge in [-0.05, 0) is 31.2 Å². The maximum atomic E-state index is 13.1. The third-order valence-corrected chi connectivity index (χ3v) is 2.78. The first-order valence-electron chi connectivity index (χ1n) is 6.34. The lowest BCUT2D eigenvalue weighted by atomic mass is 10.1. The highest BCUT2D eigenvalue weighted by atomic mass is 19.1. The molecular formula is C15H13FN4O. The molecule has 1 amide bonds. The lowest BCUT2D eigenvalue weighted by molar-refractivity contribution is 0.102. The standard InChI is InChI=1S/C15H13FN4O/c1-2-19-14-9-18-6-5-12(14)15(21)20-13-4-3-11(16)7-10(13)8-17/h3-7,9,19H,2H2,1H3,(H,20,21). The van der Waals surface area contributed by atoms with Gasteiger partial charge in [0.15, 0.2) is 0 Å². The Morgan fingerprint density at radius 1 is 1.38 bits per heavy atom. The minimum atomic E-state index is -0.526. The summed E-state index contributed by atoms with van der Waals surface area (Å²) in [4.78, 5) is 16.2. The van der Waals surface area contributed by atoms with Crippen LogP contribution in [0.3, 0.4) is 0 Å². The summed E-state index contributed by atoms with van der Waals surface area (Å²) in [6.45, 7) is 2.55. The van der Waals surface area contributed by atoms with Gasteiger partial charge in [-0.15, -0.1) is 0 Å². The molecule has 0 aliphatic heterocycles. The number of hydrogen-bond donors (Lipinski definition) is 2. The molecule has 1 aromatic carbocycles. The maximum Gasteiger partial charge on any atom is 0.257 e. The highest BCUT2D eigenvalue weighted by Gasteiger charge is 2.13. The molecule has 0 aliphatic carbocycles. The van der Waals surface area contributed by atoms with E-state index in [1.165, 1.54) is 18.3 Å². The molecule has 0 saturated carbocycles. The molecule has 5 nitrogen and oxygen atoms in total. The summed E-state index contributed by atoms with van der Waals surface area (Å²) in [5.74, 6) is -0.918. The van der Waals surface area contributed by atoms with E-state index in [2.05, 4.69) is 15.6 Å². The molecule has 0 unspecified atom stereocenters. The highest BCUT2D eigenvalue weighted by Crippen LogP contribution is 2.19. The van der Waals surface area contributed by atoms with E-state index in [1.807, 2.05) is 13.0 Å². The van der Waals surface area contributed by atoms with Crippen LogP contribution in [-0.2, 0) is 0 Å². The number of aromatic nitrogens is 1. The summed E-state index contributed by atoms with van der Waals surface area (Å²) in [5, 5.41) is 14.6. The Bertz CT molecular complexity index is 709. The van der Waals surface area contributed by atoms with Crippen LogP contribution in [0.5, 0.6) is 0 Å². The number of rotatable bonds is 4. The lowest BCUT2D eigenvalue weighted by Gasteiger charge is -2.11. The summed E-state index contributed by atoms with van der Waals surface area (Å²) >= 11 is 0. The largest absolute Gasteiger partial charge is 0.383 e. The number of pyridine rings is 1. The van der Waals surface area contributed by atoms with Gasteiger partial charge in [-0.25, -0.2) is 4.39 Å². The van der Waals surface area contributed by atoms with Crippen LogP contribution in [-0.4, -0.2) is 17.4 Å². The fraction of sp³-hybridized carbons (Fsp3) is 0.133. The zero-order chi connectivity index (χ0) is 15.2. The van der Waals surface area contributed by atoms with Crippen LogP contribution in [0.25, 0.3) is 0 Å². The lowest BCUT2D eigenvalue weighted by Crippen LogP contribution is -2.15. The van der Waals surface area contributed by atoms with E-state index in [-0.39, 0.29) is 11.3 Å². The second kappa shape index (κ2) is 6.48. The summed E-state index contributed by atoms with van der Waals surface area (Å²) in [6, 6.07) is 7.05. The van der Waals surface area contributed by atoms with Crippen LogP contribution in [0.2, 0.25) is 0 Å². The highest BCUT2D eigenvalue weighted by molar-refractivity contribution is 6.08. The van der Waals surface area contributed by atoms with Crippen molar-refractivity contribution < 1.29 is 9.18 Å². The third kappa shape index (κ3) is 3.34. The number of amides is 1. The van der Waals surface area contributed by atoms with Crippen molar-refractivity contribution in [1.29, 1.82) is 5.26 Å². The van der Waals surface area contributed by atoms with E-state index in [0.29, 0.717) is 17.8 Å². The van der Waals surface area contributed by atoms with Crippen molar-refractivity contribution in [2.24, 2.45) is 0 Å². The summed E-state index contributed by atoms with van der Waals surface area (Å²) in [7, 11) is 0. The van der Waals surface area contributed by atoms with Gasteiger partial charge in [-0.3, -0.25) is 9.78 Å². The molecule has 21 heavy (non-hydrogen) atoms. The molecule has 0 aliphatic rings. The number of halogens is 1. The third-order valence-electron chi connectivity index (χ3n) is 2.78. The first kappa shape index (κ1) is 14.5. The van der Waals surface area contributed by atoms with Crippen LogP contribution < -0.4 is 10.6 Å². The predicted molar refractivity (Wildman–Crippen MR) is 77.5 cm³/mol. The van der Waals surface area contributed by atoms with Gasteiger partial charge < -0.3 is 10.6 Å².